The molecule has 75 heavy (non-hydrogen) atoms. The van der Waals surface area contributed by atoms with E-state index in [0.29, 0.717) is 17.4 Å². The Bertz CT molecular complexity index is 1270. The van der Waals surface area contributed by atoms with Crippen LogP contribution < -0.4 is 10.2 Å². The van der Waals surface area contributed by atoms with Gasteiger partial charge in [0, 0.05) is 6.42 Å². The van der Waals surface area contributed by atoms with Gasteiger partial charge in [0.2, 0.25) is 5.91 Å². The van der Waals surface area contributed by atoms with Crippen molar-refractivity contribution in [3.8, 4) is 0 Å². The van der Waals surface area contributed by atoms with Crippen molar-refractivity contribution < 1.29 is 32.9 Å². The van der Waals surface area contributed by atoms with Crippen LogP contribution in [0.4, 0.5) is 0 Å². The molecule has 0 aromatic rings. The number of phosphoric acid groups is 1. The van der Waals surface area contributed by atoms with E-state index < -0.39 is 20.0 Å². The lowest BCUT2D eigenvalue weighted by molar-refractivity contribution is -0.870. The Morgan fingerprint density at radius 1 is 0.453 bits per heavy atom. The molecular weight excluding hydrogens is 948 g/mol. The average molecular weight is 1080 g/mol. The first-order chi connectivity index (χ1) is 36.5. The third-order valence-corrected chi connectivity index (χ3v) is 16.4. The van der Waals surface area contributed by atoms with Gasteiger partial charge < -0.3 is 28.8 Å². The minimum Gasteiger partial charge on any atom is -0.756 e. The van der Waals surface area contributed by atoms with E-state index in [4.69, 9.17) is 9.05 Å². The summed E-state index contributed by atoms with van der Waals surface area (Å²) in [5.74, 6) is -0.190. The number of nitrogens with one attached hydrogen (secondary N) is 1. The number of rotatable bonds is 62. The van der Waals surface area contributed by atoms with Crippen molar-refractivity contribution in [3.05, 3.63) is 24.3 Å². The minimum absolute atomic E-state index is 0.00163. The Balaban J connectivity index is 4.02. The number of aliphatic hydroxyl groups is 1. The second kappa shape index (κ2) is 57.7. The lowest BCUT2D eigenvalue weighted by Crippen LogP contribution is -2.45. The second-order valence-corrected chi connectivity index (χ2v) is 25.6. The summed E-state index contributed by atoms with van der Waals surface area (Å²) in [4.78, 5) is 25.6. The topological polar surface area (TPSA) is 108 Å². The van der Waals surface area contributed by atoms with Crippen LogP contribution in [0.15, 0.2) is 24.3 Å². The lowest BCUT2D eigenvalue weighted by Gasteiger charge is -2.29. The van der Waals surface area contributed by atoms with Crippen LogP contribution in [0, 0.1) is 0 Å². The van der Waals surface area contributed by atoms with E-state index in [1.807, 2.05) is 27.2 Å². The van der Waals surface area contributed by atoms with Gasteiger partial charge in [0.1, 0.15) is 13.2 Å². The monoisotopic (exact) mass is 1080 g/mol. The van der Waals surface area contributed by atoms with Crippen LogP contribution >= 0.6 is 7.82 Å². The SMILES string of the molecule is CCCCCCCCCCCCCC/C=C\CCCCCCCCCCCCCCCCCCCC(=O)NC(COP(=O)([O-])OCC[N+](C)(C)C)C(O)/C=C/CCCCCCCCCCCCCCCCCCCC. The molecule has 0 bridgehead atoms. The zero-order chi connectivity index (χ0) is 54.9. The van der Waals surface area contributed by atoms with Crippen molar-refractivity contribution in [2.75, 3.05) is 40.9 Å². The van der Waals surface area contributed by atoms with Gasteiger partial charge in [-0.25, -0.2) is 0 Å². The second-order valence-electron chi connectivity index (χ2n) is 24.2. The molecule has 3 atom stereocenters. The van der Waals surface area contributed by atoms with Crippen LogP contribution in [0.5, 0.6) is 0 Å². The number of phosphoric ester groups is 1. The van der Waals surface area contributed by atoms with E-state index in [1.165, 1.54) is 283 Å². The molecule has 0 saturated carbocycles. The molecule has 0 saturated heterocycles. The maximum Gasteiger partial charge on any atom is 0.268 e. The summed E-state index contributed by atoms with van der Waals surface area (Å²) >= 11 is 0. The number of unbranched alkanes of at least 4 members (excludes halogenated alkanes) is 47. The highest BCUT2D eigenvalue weighted by Crippen LogP contribution is 2.38. The molecule has 0 heterocycles. The first-order valence-corrected chi connectivity index (χ1v) is 34.7. The Morgan fingerprint density at radius 3 is 1.04 bits per heavy atom. The van der Waals surface area contributed by atoms with Crippen molar-refractivity contribution in [2.45, 2.75) is 353 Å². The number of carbonyl (C=O) groups excluding carboxylic acids is 1. The summed E-state index contributed by atoms with van der Waals surface area (Å²) in [7, 11) is 1.28. The van der Waals surface area contributed by atoms with Crippen LogP contribution in [0.1, 0.15) is 341 Å². The van der Waals surface area contributed by atoms with E-state index in [1.54, 1.807) is 6.08 Å². The molecule has 2 N–H and O–H groups in total. The number of hydrogen-bond acceptors (Lipinski definition) is 6. The van der Waals surface area contributed by atoms with Crippen LogP contribution in [0.25, 0.3) is 0 Å². The summed E-state index contributed by atoms with van der Waals surface area (Å²) in [6, 6.07) is -0.885. The van der Waals surface area contributed by atoms with Gasteiger partial charge >= 0.3 is 0 Å². The summed E-state index contributed by atoms with van der Waals surface area (Å²) in [5.41, 5.74) is 0. The van der Waals surface area contributed by atoms with Gasteiger partial charge in [-0.1, -0.05) is 314 Å². The molecule has 3 unspecified atom stereocenters. The highest BCUT2D eigenvalue weighted by Gasteiger charge is 2.23. The number of nitrogens with zero attached hydrogens (tertiary/aromatic N) is 1. The molecule has 0 fully saturated rings. The molecule has 0 spiro atoms. The van der Waals surface area contributed by atoms with Crippen LogP contribution in [-0.4, -0.2) is 68.5 Å². The zero-order valence-corrected chi connectivity index (χ0v) is 51.9. The molecule has 0 aromatic heterocycles. The Kier molecular flexibility index (Phi) is 56.9. The van der Waals surface area contributed by atoms with Crippen molar-refractivity contribution in [3.63, 3.8) is 0 Å². The third kappa shape index (κ3) is 60.5. The van der Waals surface area contributed by atoms with E-state index >= 15 is 0 Å². The molecule has 0 radical (unpaired) electrons. The van der Waals surface area contributed by atoms with Crippen LogP contribution in [0.3, 0.4) is 0 Å². The third-order valence-electron chi connectivity index (χ3n) is 15.4. The Labute approximate surface area is 468 Å². The standard InChI is InChI=1S/C66H131N2O6P/c1-6-8-10-12-14-16-18-20-22-24-26-28-29-30-31-32-33-34-35-36-37-38-39-40-42-44-46-48-50-52-54-56-58-60-66(70)67-64(63-74-75(71,72)73-62-61-68(3,4)5)65(69)59-57-55-53-51-49-47-45-43-41-27-25-23-21-19-17-15-13-11-9-7-2/h30-31,57,59,64-65,69H,6-29,32-56,58,60-63H2,1-5H3,(H-,67,70,71,72)/b31-30-,59-57+. The molecule has 8 nitrogen and oxygen atoms in total. The fraction of sp³-hybridized carbons (Fsp3) is 0.924. The van der Waals surface area contributed by atoms with Crippen molar-refractivity contribution in [2.24, 2.45) is 0 Å². The predicted octanol–water partition coefficient (Wildman–Crippen LogP) is 20.1. The van der Waals surface area contributed by atoms with E-state index in [2.05, 4.69) is 31.3 Å². The summed E-state index contributed by atoms with van der Waals surface area (Å²) in [6.07, 6.45) is 74.3. The van der Waals surface area contributed by atoms with E-state index in [9.17, 15) is 19.4 Å². The van der Waals surface area contributed by atoms with Gasteiger partial charge in [-0.2, -0.15) is 0 Å². The van der Waals surface area contributed by atoms with Gasteiger partial charge in [-0.15, -0.1) is 0 Å². The molecule has 446 valence electrons. The minimum atomic E-state index is -4.60. The smallest absolute Gasteiger partial charge is 0.268 e. The summed E-state index contributed by atoms with van der Waals surface area (Å²) < 4.78 is 23.4. The molecule has 0 aliphatic heterocycles. The van der Waals surface area contributed by atoms with Gasteiger partial charge in [0.15, 0.2) is 0 Å². The molecule has 9 heteroatoms. The quantitative estimate of drug-likeness (QED) is 0.0272. The van der Waals surface area contributed by atoms with Gasteiger partial charge in [-0.05, 0) is 44.9 Å². The number of quaternary nitrogens is 1. The molecule has 0 aliphatic rings. The lowest BCUT2D eigenvalue weighted by atomic mass is 10.0. The fourth-order valence-corrected chi connectivity index (χ4v) is 10.9. The van der Waals surface area contributed by atoms with Crippen LogP contribution in [-0.2, 0) is 18.4 Å². The maximum absolute atomic E-state index is 13.0. The number of hydrogen-bond donors (Lipinski definition) is 2. The number of amides is 1. The molecule has 0 rings (SSSR count). The first-order valence-electron chi connectivity index (χ1n) is 33.2. The zero-order valence-electron chi connectivity index (χ0n) is 51.0. The number of allylic oxidation sites excluding steroid dienone is 3. The average Bonchev–Trinajstić information content (AvgIpc) is 3.37. The van der Waals surface area contributed by atoms with Crippen molar-refractivity contribution >= 4 is 13.7 Å². The highest BCUT2D eigenvalue weighted by atomic mass is 31.2. The van der Waals surface area contributed by atoms with Gasteiger partial charge in [0.05, 0.1) is 39.9 Å². The van der Waals surface area contributed by atoms with Crippen molar-refractivity contribution in [1.29, 1.82) is 0 Å². The molecule has 1 amide bonds. The first kappa shape index (κ1) is 74.0. The van der Waals surface area contributed by atoms with Crippen molar-refractivity contribution in [1.82, 2.24) is 5.32 Å². The van der Waals surface area contributed by atoms with E-state index in [-0.39, 0.29) is 19.1 Å². The van der Waals surface area contributed by atoms with E-state index in [0.717, 1.165) is 38.5 Å². The fourth-order valence-electron chi connectivity index (χ4n) is 10.2. The van der Waals surface area contributed by atoms with Gasteiger partial charge in [0.25, 0.3) is 7.82 Å². The molecular formula is C66H131N2O6P. The molecule has 0 aromatic carbocycles. The highest BCUT2D eigenvalue weighted by molar-refractivity contribution is 7.45. The Morgan fingerprint density at radius 2 is 0.733 bits per heavy atom. The maximum atomic E-state index is 13.0. The van der Waals surface area contributed by atoms with Crippen LogP contribution in [0.2, 0.25) is 0 Å². The Hall–Kier alpha value is -1.02. The number of aliphatic hydroxyl groups excluding tert-OH is 1. The molecule has 0 aliphatic carbocycles. The normalized spacial score (nSPS) is 13.9. The largest absolute Gasteiger partial charge is 0.756 e. The number of carbonyl (C=O) groups is 1. The van der Waals surface area contributed by atoms with Gasteiger partial charge in [-0.3, -0.25) is 9.36 Å². The summed E-state index contributed by atoms with van der Waals surface area (Å²) in [5, 5.41) is 13.9. The predicted molar refractivity (Wildman–Crippen MR) is 325 cm³/mol. The number of likely N-dealkylation sites (N-methyl/N-ethyl adjacent to an activating group) is 1. The summed E-state index contributed by atoms with van der Waals surface area (Å²) in [6.45, 7) is 4.71.